The van der Waals surface area contributed by atoms with E-state index in [0.717, 1.165) is 6.07 Å². The average molecular weight is 402 g/mol. The molecule has 2 aromatic carbocycles. The van der Waals surface area contributed by atoms with Gasteiger partial charge in [-0.1, -0.05) is 24.3 Å². The lowest BCUT2D eigenvalue weighted by Crippen LogP contribution is -2.18. The lowest BCUT2D eigenvalue weighted by Gasteiger charge is -2.14. The highest BCUT2D eigenvalue weighted by Crippen LogP contribution is 2.38. The van der Waals surface area contributed by atoms with Crippen LogP contribution in [0.3, 0.4) is 0 Å². The molecule has 4 rings (SSSR count). The van der Waals surface area contributed by atoms with E-state index < -0.39 is 17.5 Å². The number of hydrogen-bond donors (Lipinski definition) is 3. The minimum absolute atomic E-state index is 0.0147. The number of carbonyl (C=O) groups excluding carboxylic acids is 1. The standard InChI is InChI=1S/C20H17F3N4O2/c21-20(22,23)12-5-6-15(16(28)8-12)18-13-3-1-2-4-14(13)19(27-26-18)25-10-11-7-17(29)24-9-11/h1-6,8,11,28H,7,9-10H2,(H,24,29)(H,25,27)/t11-/m1/s1. The second kappa shape index (κ2) is 7.23. The first kappa shape index (κ1) is 19.0. The molecule has 0 radical (unpaired) electrons. The summed E-state index contributed by atoms with van der Waals surface area (Å²) in [6, 6.07) is 9.95. The summed E-state index contributed by atoms with van der Waals surface area (Å²) < 4.78 is 38.6. The molecule has 1 aliphatic heterocycles. The number of nitrogens with one attached hydrogen (secondary N) is 2. The number of aromatic hydroxyl groups is 1. The lowest BCUT2D eigenvalue weighted by molar-refractivity contribution is -0.137. The number of phenols is 1. The van der Waals surface area contributed by atoms with Crippen molar-refractivity contribution in [2.45, 2.75) is 12.6 Å². The maximum atomic E-state index is 12.9. The van der Waals surface area contributed by atoms with Crippen LogP contribution >= 0.6 is 0 Å². The number of carbonyl (C=O) groups is 1. The molecular weight excluding hydrogens is 385 g/mol. The van der Waals surface area contributed by atoms with Gasteiger partial charge < -0.3 is 15.7 Å². The highest BCUT2D eigenvalue weighted by molar-refractivity contribution is 6.00. The third kappa shape index (κ3) is 3.80. The van der Waals surface area contributed by atoms with E-state index in [9.17, 15) is 23.1 Å². The minimum atomic E-state index is -4.55. The van der Waals surface area contributed by atoms with Gasteiger partial charge in [-0.3, -0.25) is 4.79 Å². The van der Waals surface area contributed by atoms with Crippen LogP contribution in [0.2, 0.25) is 0 Å². The molecule has 0 spiro atoms. The summed E-state index contributed by atoms with van der Waals surface area (Å²) in [6.45, 7) is 1.12. The summed E-state index contributed by atoms with van der Waals surface area (Å²) in [5.74, 6) is 0.146. The highest BCUT2D eigenvalue weighted by Gasteiger charge is 2.31. The van der Waals surface area contributed by atoms with Gasteiger partial charge >= 0.3 is 6.18 Å². The maximum Gasteiger partial charge on any atom is 0.416 e. The molecule has 0 unspecified atom stereocenters. The van der Waals surface area contributed by atoms with Crippen LogP contribution in [-0.2, 0) is 11.0 Å². The van der Waals surface area contributed by atoms with Gasteiger partial charge in [0.15, 0.2) is 5.82 Å². The van der Waals surface area contributed by atoms with Crippen LogP contribution in [-0.4, -0.2) is 34.3 Å². The number of fused-ring (bicyclic) bond motifs is 1. The van der Waals surface area contributed by atoms with Gasteiger partial charge in [-0.25, -0.2) is 0 Å². The van der Waals surface area contributed by atoms with Gasteiger partial charge in [0, 0.05) is 41.8 Å². The number of nitrogens with zero attached hydrogens (tertiary/aromatic N) is 2. The SMILES string of the molecule is O=C1C[C@@H](CNc2nnc(-c3ccc(C(F)(F)F)cc3O)c3ccccc23)CN1. The summed E-state index contributed by atoms with van der Waals surface area (Å²) in [5.41, 5.74) is -0.483. The quantitative estimate of drug-likeness (QED) is 0.621. The Morgan fingerprint density at radius 2 is 1.90 bits per heavy atom. The van der Waals surface area contributed by atoms with Crippen molar-refractivity contribution in [1.29, 1.82) is 0 Å². The lowest BCUT2D eigenvalue weighted by atomic mass is 10.0. The van der Waals surface area contributed by atoms with Gasteiger partial charge in [-0.15, -0.1) is 10.2 Å². The van der Waals surface area contributed by atoms with Gasteiger partial charge in [0.1, 0.15) is 11.4 Å². The molecule has 2 heterocycles. The Balaban J connectivity index is 1.69. The highest BCUT2D eigenvalue weighted by atomic mass is 19.4. The summed E-state index contributed by atoms with van der Waals surface area (Å²) in [5, 5.41) is 25.8. The number of hydrogen-bond acceptors (Lipinski definition) is 5. The molecule has 9 heteroatoms. The van der Waals surface area contributed by atoms with Gasteiger partial charge in [-0.05, 0) is 18.2 Å². The molecule has 29 heavy (non-hydrogen) atoms. The van der Waals surface area contributed by atoms with Crippen LogP contribution in [0.1, 0.15) is 12.0 Å². The predicted octanol–water partition coefficient (Wildman–Crippen LogP) is 3.57. The van der Waals surface area contributed by atoms with E-state index in [-0.39, 0.29) is 23.1 Å². The second-order valence-corrected chi connectivity index (χ2v) is 6.93. The van der Waals surface area contributed by atoms with E-state index in [0.29, 0.717) is 42.2 Å². The number of benzene rings is 2. The van der Waals surface area contributed by atoms with Crippen LogP contribution in [0.4, 0.5) is 19.0 Å². The fourth-order valence-electron chi connectivity index (χ4n) is 3.39. The topological polar surface area (TPSA) is 87.1 Å². The smallest absolute Gasteiger partial charge is 0.416 e. The number of rotatable bonds is 4. The molecule has 150 valence electrons. The summed E-state index contributed by atoms with van der Waals surface area (Å²) >= 11 is 0. The third-order valence-corrected chi connectivity index (χ3v) is 4.89. The van der Waals surface area contributed by atoms with Crippen LogP contribution in [0.15, 0.2) is 42.5 Å². The van der Waals surface area contributed by atoms with Crippen molar-refractivity contribution in [3.8, 4) is 17.0 Å². The molecule has 0 bridgehead atoms. The predicted molar refractivity (Wildman–Crippen MR) is 101 cm³/mol. The summed E-state index contributed by atoms with van der Waals surface area (Å²) in [4.78, 5) is 11.3. The molecule has 1 atom stereocenters. The van der Waals surface area contributed by atoms with Gasteiger partial charge in [0.05, 0.1) is 5.56 Å². The first-order chi connectivity index (χ1) is 13.8. The fraction of sp³-hybridized carbons (Fsp3) is 0.250. The van der Waals surface area contributed by atoms with Crippen molar-refractivity contribution in [3.63, 3.8) is 0 Å². The van der Waals surface area contributed by atoms with E-state index in [4.69, 9.17) is 0 Å². The molecular formula is C20H17F3N4O2. The Kier molecular flexibility index (Phi) is 4.73. The van der Waals surface area contributed by atoms with Crippen LogP contribution in [0.25, 0.3) is 22.0 Å². The van der Waals surface area contributed by atoms with Gasteiger partial charge in [0.25, 0.3) is 0 Å². The Bertz CT molecular complexity index is 1080. The zero-order valence-corrected chi connectivity index (χ0v) is 15.1. The largest absolute Gasteiger partial charge is 0.507 e. The Morgan fingerprint density at radius 3 is 2.55 bits per heavy atom. The third-order valence-electron chi connectivity index (χ3n) is 4.89. The molecule has 1 amide bonds. The summed E-state index contributed by atoms with van der Waals surface area (Å²) in [7, 11) is 0. The maximum absolute atomic E-state index is 12.9. The van der Waals surface area contributed by atoms with Gasteiger partial charge in [-0.2, -0.15) is 13.2 Å². The number of phenolic OH excluding ortho intramolecular Hbond substituents is 1. The van der Waals surface area contributed by atoms with E-state index in [1.807, 2.05) is 12.1 Å². The average Bonchev–Trinajstić information content (AvgIpc) is 3.11. The van der Waals surface area contributed by atoms with E-state index in [1.54, 1.807) is 12.1 Å². The summed E-state index contributed by atoms with van der Waals surface area (Å²) in [6.07, 6.45) is -4.11. The molecule has 3 N–H and O–H groups in total. The van der Waals surface area contributed by atoms with Crippen LogP contribution in [0, 0.1) is 5.92 Å². The first-order valence-electron chi connectivity index (χ1n) is 8.99. The number of amides is 1. The van der Waals surface area contributed by atoms with Crippen molar-refractivity contribution < 1.29 is 23.1 Å². The fourth-order valence-corrected chi connectivity index (χ4v) is 3.39. The zero-order valence-electron chi connectivity index (χ0n) is 15.1. The van der Waals surface area contributed by atoms with Crippen LogP contribution < -0.4 is 10.6 Å². The van der Waals surface area contributed by atoms with Crippen molar-refractivity contribution in [1.82, 2.24) is 15.5 Å². The zero-order chi connectivity index (χ0) is 20.6. The molecule has 1 saturated heterocycles. The molecule has 3 aromatic rings. The number of aromatic nitrogens is 2. The van der Waals surface area contributed by atoms with Crippen LogP contribution in [0.5, 0.6) is 5.75 Å². The first-order valence-corrected chi connectivity index (χ1v) is 8.99. The number of anilines is 1. The molecule has 1 aliphatic rings. The van der Waals surface area contributed by atoms with E-state index in [1.165, 1.54) is 6.07 Å². The van der Waals surface area contributed by atoms with Crippen molar-refractivity contribution in [2.24, 2.45) is 5.92 Å². The Labute approximate surface area is 163 Å². The Morgan fingerprint density at radius 1 is 1.14 bits per heavy atom. The normalized spacial score (nSPS) is 16.8. The number of halogens is 3. The van der Waals surface area contributed by atoms with E-state index >= 15 is 0 Å². The van der Waals surface area contributed by atoms with Crippen molar-refractivity contribution in [2.75, 3.05) is 18.4 Å². The number of alkyl halides is 3. The minimum Gasteiger partial charge on any atom is -0.507 e. The molecule has 0 saturated carbocycles. The second-order valence-electron chi connectivity index (χ2n) is 6.93. The van der Waals surface area contributed by atoms with E-state index in [2.05, 4.69) is 20.8 Å². The monoisotopic (exact) mass is 402 g/mol. The Hall–Kier alpha value is -3.36. The molecule has 1 aromatic heterocycles. The molecule has 6 nitrogen and oxygen atoms in total. The molecule has 1 fully saturated rings. The van der Waals surface area contributed by atoms with Gasteiger partial charge in [0.2, 0.25) is 5.91 Å². The van der Waals surface area contributed by atoms with Crippen molar-refractivity contribution >= 4 is 22.5 Å². The van der Waals surface area contributed by atoms with Crippen molar-refractivity contribution in [3.05, 3.63) is 48.0 Å². The molecule has 0 aliphatic carbocycles.